The minimum atomic E-state index is -0.975. The van der Waals surface area contributed by atoms with Gasteiger partial charge in [-0.25, -0.2) is 4.79 Å². The first-order chi connectivity index (χ1) is 9.75. The molecule has 98 valence electrons. The fourth-order valence-electron chi connectivity index (χ4n) is 2.11. The number of H-pyrrole nitrogens is 1. The van der Waals surface area contributed by atoms with E-state index in [0.717, 1.165) is 16.5 Å². The van der Waals surface area contributed by atoms with Gasteiger partial charge in [0.25, 0.3) is 0 Å². The predicted molar refractivity (Wildman–Crippen MR) is 79.0 cm³/mol. The maximum Gasteiger partial charge on any atom is 0.337 e. The molecule has 0 aliphatic rings. The van der Waals surface area contributed by atoms with Crippen LogP contribution in [0.15, 0.2) is 59.7 Å². The number of aliphatic imine (C=N–C) groups is 1. The van der Waals surface area contributed by atoms with E-state index < -0.39 is 5.97 Å². The van der Waals surface area contributed by atoms with E-state index in [1.807, 2.05) is 30.5 Å². The summed E-state index contributed by atoms with van der Waals surface area (Å²) >= 11 is 0. The largest absolute Gasteiger partial charge is 0.478 e. The number of aromatic amines is 1. The summed E-state index contributed by atoms with van der Waals surface area (Å²) < 4.78 is 0. The Morgan fingerprint density at radius 1 is 1.10 bits per heavy atom. The van der Waals surface area contributed by atoms with Crippen molar-refractivity contribution in [1.29, 1.82) is 0 Å². The lowest BCUT2D eigenvalue weighted by Gasteiger charge is -1.99. The summed E-state index contributed by atoms with van der Waals surface area (Å²) in [5.41, 5.74) is 2.61. The fourth-order valence-corrected chi connectivity index (χ4v) is 2.11. The Morgan fingerprint density at radius 2 is 1.85 bits per heavy atom. The second kappa shape index (κ2) is 5.01. The van der Waals surface area contributed by atoms with Crippen LogP contribution in [0.3, 0.4) is 0 Å². The smallest absolute Gasteiger partial charge is 0.337 e. The van der Waals surface area contributed by atoms with Crippen molar-refractivity contribution in [3.63, 3.8) is 0 Å². The van der Waals surface area contributed by atoms with Gasteiger partial charge in [-0.3, -0.25) is 4.99 Å². The monoisotopic (exact) mass is 264 g/mol. The van der Waals surface area contributed by atoms with Crippen LogP contribution in [0.25, 0.3) is 10.9 Å². The number of carboxylic acid groups (broad SMARTS) is 1. The molecule has 1 heterocycles. The van der Waals surface area contributed by atoms with E-state index in [1.165, 1.54) is 0 Å². The molecular formula is C16H12N2O2. The Hall–Kier alpha value is -2.88. The standard InChI is InChI=1S/C16H12N2O2/c19-16(20)13-6-2-4-8-15(13)18-10-11-9-17-14-7-3-1-5-12(11)14/h1-10,17H,(H,19,20). The highest BCUT2D eigenvalue weighted by Gasteiger charge is 2.07. The van der Waals surface area contributed by atoms with Gasteiger partial charge >= 0.3 is 5.97 Å². The molecule has 4 heteroatoms. The molecule has 0 unspecified atom stereocenters. The van der Waals surface area contributed by atoms with E-state index in [2.05, 4.69) is 9.98 Å². The zero-order valence-corrected chi connectivity index (χ0v) is 10.6. The van der Waals surface area contributed by atoms with Gasteiger partial charge in [0, 0.05) is 28.9 Å². The number of carboxylic acids is 1. The van der Waals surface area contributed by atoms with E-state index in [0.29, 0.717) is 5.69 Å². The molecule has 2 N–H and O–H groups in total. The molecule has 0 spiro atoms. The third-order valence-corrected chi connectivity index (χ3v) is 3.10. The van der Waals surface area contributed by atoms with Gasteiger partial charge in [0.15, 0.2) is 0 Å². The van der Waals surface area contributed by atoms with Crippen molar-refractivity contribution in [3.8, 4) is 0 Å². The molecule has 0 atom stereocenters. The molecule has 0 saturated carbocycles. The van der Waals surface area contributed by atoms with Crippen LogP contribution < -0.4 is 0 Å². The molecule has 0 aliphatic carbocycles. The third-order valence-electron chi connectivity index (χ3n) is 3.10. The summed E-state index contributed by atoms with van der Waals surface area (Å²) in [6, 6.07) is 14.6. The summed E-state index contributed by atoms with van der Waals surface area (Å²) in [4.78, 5) is 18.6. The van der Waals surface area contributed by atoms with Gasteiger partial charge in [-0.05, 0) is 18.2 Å². The van der Waals surface area contributed by atoms with Crippen LogP contribution >= 0.6 is 0 Å². The Morgan fingerprint density at radius 3 is 2.70 bits per heavy atom. The van der Waals surface area contributed by atoms with Gasteiger partial charge < -0.3 is 10.1 Å². The molecule has 0 fully saturated rings. The second-order valence-corrected chi connectivity index (χ2v) is 4.37. The molecule has 0 bridgehead atoms. The van der Waals surface area contributed by atoms with E-state index in [9.17, 15) is 4.79 Å². The first-order valence-electron chi connectivity index (χ1n) is 6.18. The number of hydrogen-bond donors (Lipinski definition) is 2. The number of hydrogen-bond acceptors (Lipinski definition) is 2. The van der Waals surface area contributed by atoms with Crippen LogP contribution in [0, 0.1) is 0 Å². The predicted octanol–water partition coefficient (Wildman–Crippen LogP) is 3.62. The lowest BCUT2D eigenvalue weighted by Crippen LogP contribution is -1.96. The first kappa shape index (κ1) is 12.2. The van der Waals surface area contributed by atoms with Crippen LogP contribution in [0.2, 0.25) is 0 Å². The molecule has 0 radical (unpaired) electrons. The van der Waals surface area contributed by atoms with Crippen molar-refractivity contribution >= 4 is 28.8 Å². The number of aromatic carboxylic acids is 1. The Bertz CT molecular complexity index is 803. The number of nitrogens with zero attached hydrogens (tertiary/aromatic N) is 1. The van der Waals surface area contributed by atoms with Crippen molar-refractivity contribution in [1.82, 2.24) is 4.98 Å². The molecule has 2 aromatic carbocycles. The highest BCUT2D eigenvalue weighted by molar-refractivity contribution is 6.01. The van der Waals surface area contributed by atoms with E-state index in [4.69, 9.17) is 5.11 Å². The van der Waals surface area contributed by atoms with Gasteiger partial charge in [0.1, 0.15) is 0 Å². The van der Waals surface area contributed by atoms with Gasteiger partial charge in [-0.1, -0.05) is 30.3 Å². The summed E-state index contributed by atoms with van der Waals surface area (Å²) in [7, 11) is 0. The molecule has 3 aromatic rings. The zero-order valence-electron chi connectivity index (χ0n) is 10.6. The topological polar surface area (TPSA) is 65.4 Å². The normalized spacial score (nSPS) is 11.2. The molecule has 1 aromatic heterocycles. The minimum absolute atomic E-state index is 0.198. The Balaban J connectivity index is 2.01. The maximum atomic E-state index is 11.1. The molecule has 0 amide bonds. The molecule has 20 heavy (non-hydrogen) atoms. The average molecular weight is 264 g/mol. The van der Waals surface area contributed by atoms with E-state index >= 15 is 0 Å². The first-order valence-corrected chi connectivity index (χ1v) is 6.18. The number of nitrogens with one attached hydrogen (secondary N) is 1. The fraction of sp³-hybridized carbons (Fsp3) is 0. The maximum absolute atomic E-state index is 11.1. The zero-order chi connectivity index (χ0) is 13.9. The Labute approximate surface area is 115 Å². The number of para-hydroxylation sites is 2. The number of fused-ring (bicyclic) bond motifs is 1. The number of rotatable bonds is 3. The van der Waals surface area contributed by atoms with E-state index in [1.54, 1.807) is 30.5 Å². The van der Waals surface area contributed by atoms with Gasteiger partial charge in [-0.15, -0.1) is 0 Å². The quantitative estimate of drug-likeness (QED) is 0.709. The van der Waals surface area contributed by atoms with Gasteiger partial charge in [-0.2, -0.15) is 0 Å². The SMILES string of the molecule is O=C(O)c1ccccc1N=Cc1c[nH]c2ccccc12. The van der Waals surface area contributed by atoms with Crippen molar-refractivity contribution in [2.24, 2.45) is 4.99 Å². The third kappa shape index (κ3) is 2.19. The minimum Gasteiger partial charge on any atom is -0.478 e. The summed E-state index contributed by atoms with van der Waals surface area (Å²) in [6.07, 6.45) is 3.54. The molecule has 0 aliphatic heterocycles. The second-order valence-electron chi connectivity index (χ2n) is 4.37. The Kier molecular flexibility index (Phi) is 3.05. The summed E-state index contributed by atoms with van der Waals surface area (Å²) in [6.45, 7) is 0. The van der Waals surface area contributed by atoms with Crippen molar-refractivity contribution in [3.05, 3.63) is 65.9 Å². The van der Waals surface area contributed by atoms with Crippen LogP contribution in [0.5, 0.6) is 0 Å². The number of carbonyl (C=O) groups is 1. The lowest BCUT2D eigenvalue weighted by molar-refractivity contribution is 0.0698. The number of benzene rings is 2. The van der Waals surface area contributed by atoms with Gasteiger partial charge in [0.05, 0.1) is 11.3 Å². The van der Waals surface area contributed by atoms with Crippen LogP contribution in [-0.2, 0) is 0 Å². The van der Waals surface area contributed by atoms with Crippen LogP contribution in [0.1, 0.15) is 15.9 Å². The van der Waals surface area contributed by atoms with Crippen LogP contribution in [0.4, 0.5) is 5.69 Å². The number of aromatic nitrogens is 1. The average Bonchev–Trinajstić information content (AvgIpc) is 2.88. The molecular weight excluding hydrogens is 252 g/mol. The highest BCUT2D eigenvalue weighted by Crippen LogP contribution is 2.20. The van der Waals surface area contributed by atoms with Crippen LogP contribution in [-0.4, -0.2) is 22.3 Å². The van der Waals surface area contributed by atoms with E-state index in [-0.39, 0.29) is 5.56 Å². The van der Waals surface area contributed by atoms with Crippen molar-refractivity contribution < 1.29 is 9.90 Å². The van der Waals surface area contributed by atoms with Crippen molar-refractivity contribution in [2.75, 3.05) is 0 Å². The molecule has 3 rings (SSSR count). The lowest BCUT2D eigenvalue weighted by atomic mass is 10.1. The highest BCUT2D eigenvalue weighted by atomic mass is 16.4. The molecule has 0 saturated heterocycles. The summed E-state index contributed by atoms with van der Waals surface area (Å²) in [5, 5.41) is 10.2. The summed E-state index contributed by atoms with van der Waals surface area (Å²) in [5.74, 6) is -0.975. The molecule has 4 nitrogen and oxygen atoms in total. The van der Waals surface area contributed by atoms with Gasteiger partial charge in [0.2, 0.25) is 0 Å². The van der Waals surface area contributed by atoms with Crippen molar-refractivity contribution in [2.45, 2.75) is 0 Å².